The molecule has 0 aliphatic heterocycles. The van der Waals surface area contributed by atoms with E-state index in [-0.39, 0.29) is 5.84 Å². The number of amidine groups is 1. The molecule has 13 aromatic rings. The zero-order valence-corrected chi connectivity index (χ0v) is 32.8. The number of hydrogen-bond donors (Lipinski definition) is 2. The third-order valence-electron chi connectivity index (χ3n) is 12.5. The molecule has 0 saturated heterocycles. The molecule has 0 spiro atoms. The van der Waals surface area contributed by atoms with Gasteiger partial charge in [0.05, 0.1) is 22.1 Å². The van der Waals surface area contributed by atoms with Crippen LogP contribution in [-0.2, 0) is 0 Å². The van der Waals surface area contributed by atoms with Crippen LogP contribution in [0.4, 0.5) is 0 Å². The van der Waals surface area contributed by atoms with Gasteiger partial charge in [0.25, 0.3) is 0 Å². The molecular weight excluding hydrogens is 745 g/mol. The summed E-state index contributed by atoms with van der Waals surface area (Å²) >= 11 is 0. The van der Waals surface area contributed by atoms with Gasteiger partial charge in [-0.1, -0.05) is 127 Å². The number of H-pyrrole nitrogens is 1. The van der Waals surface area contributed by atoms with Crippen LogP contribution < -0.4 is 0 Å². The molecule has 0 bridgehead atoms. The number of aromatic amines is 1. The average molecular weight is 779 g/mol. The van der Waals surface area contributed by atoms with Crippen molar-refractivity contribution >= 4 is 110 Å². The molecule has 0 aliphatic carbocycles. The Labute approximate surface area is 348 Å². The Bertz CT molecular complexity index is 4030. The molecule has 0 aliphatic rings. The quantitative estimate of drug-likeness (QED) is 0.136. The predicted octanol–water partition coefficient (Wildman–Crippen LogP) is 14.9. The molecule has 10 aromatic carbocycles. The third kappa shape index (κ3) is 5.21. The summed E-state index contributed by atoms with van der Waals surface area (Å²) in [5.41, 5.74) is 10.8. The van der Waals surface area contributed by atoms with Crippen molar-refractivity contribution < 1.29 is 4.42 Å². The van der Waals surface area contributed by atoms with Gasteiger partial charge >= 0.3 is 0 Å². The highest BCUT2D eigenvalue weighted by Gasteiger charge is 2.22. The van der Waals surface area contributed by atoms with Crippen LogP contribution in [-0.4, -0.2) is 21.6 Å². The van der Waals surface area contributed by atoms with Crippen LogP contribution in [0.5, 0.6) is 0 Å². The fourth-order valence-electron chi connectivity index (χ4n) is 9.65. The van der Waals surface area contributed by atoms with Gasteiger partial charge in [0.1, 0.15) is 11.2 Å². The third-order valence-corrected chi connectivity index (χ3v) is 12.5. The highest BCUT2D eigenvalue weighted by atomic mass is 16.3. The van der Waals surface area contributed by atoms with E-state index in [2.05, 4.69) is 161 Å². The summed E-state index contributed by atoms with van der Waals surface area (Å²) in [6.45, 7) is 0. The van der Waals surface area contributed by atoms with Crippen molar-refractivity contribution in [1.29, 1.82) is 5.41 Å². The number of aliphatic imine (C=N–C) groups is 1. The first-order valence-electron chi connectivity index (χ1n) is 20.6. The minimum absolute atomic E-state index is 0.156. The van der Waals surface area contributed by atoms with Crippen LogP contribution in [0.2, 0.25) is 0 Å². The predicted molar refractivity (Wildman–Crippen MR) is 256 cm³/mol. The lowest BCUT2D eigenvalue weighted by Gasteiger charge is -2.13. The second-order valence-electron chi connectivity index (χ2n) is 16.1. The Morgan fingerprint density at radius 2 is 1.18 bits per heavy atom. The first-order valence-corrected chi connectivity index (χ1v) is 20.6. The fourth-order valence-corrected chi connectivity index (χ4v) is 9.65. The average Bonchev–Trinajstić information content (AvgIpc) is 3.97. The van der Waals surface area contributed by atoms with Crippen molar-refractivity contribution in [3.63, 3.8) is 0 Å². The van der Waals surface area contributed by atoms with Crippen molar-refractivity contribution in [2.45, 2.75) is 0 Å². The van der Waals surface area contributed by atoms with Crippen molar-refractivity contribution in [3.05, 3.63) is 199 Å². The number of furan rings is 1. The van der Waals surface area contributed by atoms with E-state index in [1.165, 1.54) is 32.5 Å². The molecule has 0 atom stereocenters. The molecule has 3 aromatic heterocycles. The number of nitrogens with one attached hydrogen (secondary N) is 2. The van der Waals surface area contributed by atoms with Crippen LogP contribution in [0.25, 0.3) is 115 Å². The number of nitrogens with zero attached hydrogens (tertiary/aromatic N) is 2. The molecule has 5 nitrogen and oxygen atoms in total. The Hall–Kier alpha value is -8.28. The van der Waals surface area contributed by atoms with E-state index in [0.29, 0.717) is 11.1 Å². The minimum Gasteiger partial charge on any atom is -0.456 e. The van der Waals surface area contributed by atoms with Crippen molar-refractivity contribution in [1.82, 2.24) is 9.55 Å². The summed E-state index contributed by atoms with van der Waals surface area (Å²) in [5.74, 6) is 0.156. The molecule has 61 heavy (non-hydrogen) atoms. The summed E-state index contributed by atoms with van der Waals surface area (Å²) in [6, 6.07) is 66.7. The first-order chi connectivity index (χ1) is 30.1. The van der Waals surface area contributed by atoms with Crippen LogP contribution in [0.1, 0.15) is 11.1 Å². The molecule has 13 rings (SSSR count). The molecule has 0 fully saturated rings. The van der Waals surface area contributed by atoms with E-state index < -0.39 is 0 Å². The fraction of sp³-hybridized carbons (Fsp3) is 0. The van der Waals surface area contributed by atoms with E-state index in [1.54, 1.807) is 6.21 Å². The standard InChI is InChI=1S/C56H34N4O/c57-56(58-32-33-20-21-34-10-1-2-11-35(34)24-33)40-29-52(55-44-16-6-8-19-53(44)61-54(55)30-40)60-50-28-37-13-4-3-12-36(37)25-46(50)47-26-38-14-9-17-41(45(38)31-51(47)60)39-22-23-43-42-15-5-7-18-48(42)59-49(43)27-39/h1-32,57,59H/b57-56?,58-32+. The second kappa shape index (κ2) is 12.9. The molecule has 5 heteroatoms. The lowest BCUT2D eigenvalue weighted by atomic mass is 9.96. The monoisotopic (exact) mass is 778 g/mol. The van der Waals surface area contributed by atoms with Gasteiger partial charge in [-0.25, -0.2) is 4.99 Å². The van der Waals surface area contributed by atoms with E-state index >= 15 is 0 Å². The Morgan fingerprint density at radius 1 is 0.492 bits per heavy atom. The lowest BCUT2D eigenvalue weighted by Crippen LogP contribution is -2.01. The number of hydrogen-bond acceptors (Lipinski definition) is 2. The van der Waals surface area contributed by atoms with E-state index in [4.69, 9.17) is 9.41 Å². The van der Waals surface area contributed by atoms with Gasteiger partial charge in [-0.3, -0.25) is 5.41 Å². The summed E-state index contributed by atoms with van der Waals surface area (Å²) in [5, 5.41) is 23.2. The van der Waals surface area contributed by atoms with E-state index in [9.17, 15) is 5.41 Å². The van der Waals surface area contributed by atoms with Gasteiger partial charge < -0.3 is 14.0 Å². The SMILES string of the molecule is N=C(/N=C/c1ccc2ccccc2c1)c1cc(-n2c3cc4ccccc4cc3c3cc4cccc(-c5ccc6c(c5)[nH]c5ccccc56)c4cc32)c2c(c1)oc1ccccc12. The first kappa shape index (κ1) is 33.7. The Morgan fingerprint density at radius 3 is 2.05 bits per heavy atom. The van der Waals surface area contributed by atoms with Gasteiger partial charge in [0, 0.05) is 49.7 Å². The normalized spacial score (nSPS) is 12.3. The molecule has 0 saturated carbocycles. The summed E-state index contributed by atoms with van der Waals surface area (Å²) in [7, 11) is 0. The molecule has 0 amide bonds. The van der Waals surface area contributed by atoms with Gasteiger partial charge in [0.2, 0.25) is 0 Å². The molecule has 0 unspecified atom stereocenters. The Balaban J connectivity index is 1.08. The van der Waals surface area contributed by atoms with Gasteiger partial charge in [-0.15, -0.1) is 0 Å². The van der Waals surface area contributed by atoms with Gasteiger partial charge in [0.15, 0.2) is 5.84 Å². The maximum Gasteiger partial charge on any atom is 0.151 e. The van der Waals surface area contributed by atoms with Crippen molar-refractivity contribution in [3.8, 4) is 16.8 Å². The summed E-state index contributed by atoms with van der Waals surface area (Å²) in [6.07, 6.45) is 1.78. The summed E-state index contributed by atoms with van der Waals surface area (Å²) in [4.78, 5) is 8.40. The van der Waals surface area contributed by atoms with Gasteiger partial charge in [-0.05, 0) is 110 Å². The van der Waals surface area contributed by atoms with E-state index in [1.807, 2.05) is 36.4 Å². The zero-order valence-electron chi connectivity index (χ0n) is 32.8. The van der Waals surface area contributed by atoms with Crippen LogP contribution in [0, 0.1) is 5.41 Å². The largest absolute Gasteiger partial charge is 0.456 e. The zero-order chi connectivity index (χ0) is 40.2. The highest BCUT2D eigenvalue weighted by molar-refractivity contribution is 6.21. The van der Waals surface area contributed by atoms with Crippen molar-refractivity contribution in [2.24, 2.45) is 4.99 Å². The van der Waals surface area contributed by atoms with Crippen LogP contribution in [0.3, 0.4) is 0 Å². The van der Waals surface area contributed by atoms with Crippen LogP contribution >= 0.6 is 0 Å². The number of aromatic nitrogens is 2. The molecule has 0 radical (unpaired) electrons. The minimum atomic E-state index is 0.156. The summed E-state index contributed by atoms with van der Waals surface area (Å²) < 4.78 is 9.02. The van der Waals surface area contributed by atoms with Gasteiger partial charge in [-0.2, -0.15) is 0 Å². The second-order valence-corrected chi connectivity index (χ2v) is 16.1. The maximum absolute atomic E-state index is 9.38. The van der Waals surface area contributed by atoms with Crippen LogP contribution in [0.15, 0.2) is 197 Å². The molecular formula is C56H34N4O. The smallest absolute Gasteiger partial charge is 0.151 e. The molecule has 2 N–H and O–H groups in total. The molecule has 3 heterocycles. The number of benzene rings is 10. The van der Waals surface area contributed by atoms with E-state index in [0.717, 1.165) is 82.2 Å². The number of fused-ring (bicyclic) bond motifs is 12. The number of rotatable bonds is 4. The maximum atomic E-state index is 9.38. The van der Waals surface area contributed by atoms with Crippen molar-refractivity contribution in [2.75, 3.05) is 0 Å². The Kier molecular flexibility index (Phi) is 7.10. The molecule has 284 valence electrons. The number of para-hydroxylation sites is 2. The lowest BCUT2D eigenvalue weighted by molar-refractivity contribution is 0.668. The topological polar surface area (TPSA) is 70.1 Å². The highest BCUT2D eigenvalue weighted by Crippen LogP contribution is 2.43.